The minimum atomic E-state index is -1.07. The zero-order valence-electron chi connectivity index (χ0n) is 17.6. The van der Waals surface area contributed by atoms with Gasteiger partial charge in [-0.2, -0.15) is 4.68 Å². The molecule has 11 heteroatoms. The Kier molecular flexibility index (Phi) is 5.55. The molecule has 1 aromatic carbocycles. The number of tetrazole rings is 1. The topological polar surface area (TPSA) is 112 Å². The molecule has 2 aromatic heterocycles. The summed E-state index contributed by atoms with van der Waals surface area (Å²) in [6, 6.07) is 5.53. The molecule has 3 aromatic rings. The molecule has 9 nitrogen and oxygen atoms in total. The van der Waals surface area contributed by atoms with Gasteiger partial charge in [0, 0.05) is 25.9 Å². The number of carbonyl (C=O) groups excluding carboxylic acids is 1. The molecular weight excluding hydrogens is 432 g/mol. The van der Waals surface area contributed by atoms with Gasteiger partial charge in [0.2, 0.25) is 5.91 Å². The van der Waals surface area contributed by atoms with Crippen molar-refractivity contribution in [1.82, 2.24) is 30.1 Å². The SMILES string of the molecule is Nc1ncc(C2=CCN(C(=O)C3CCOC3)CC2)cc1-c1nnnn1-c1cccc(F)c1F. The van der Waals surface area contributed by atoms with Crippen molar-refractivity contribution in [2.24, 2.45) is 5.92 Å². The Balaban J connectivity index is 1.43. The minimum absolute atomic E-state index is 0.0631. The van der Waals surface area contributed by atoms with Gasteiger partial charge < -0.3 is 15.4 Å². The molecule has 33 heavy (non-hydrogen) atoms. The maximum absolute atomic E-state index is 14.4. The number of amides is 1. The highest BCUT2D eigenvalue weighted by atomic mass is 19.2. The number of halogens is 2. The van der Waals surface area contributed by atoms with Crippen molar-refractivity contribution in [3.63, 3.8) is 0 Å². The number of ether oxygens (including phenoxy) is 1. The second kappa shape index (κ2) is 8.66. The molecule has 170 valence electrons. The van der Waals surface area contributed by atoms with Gasteiger partial charge in [0.15, 0.2) is 17.5 Å². The van der Waals surface area contributed by atoms with E-state index in [1.165, 1.54) is 12.1 Å². The first-order valence-electron chi connectivity index (χ1n) is 10.6. The van der Waals surface area contributed by atoms with Crippen LogP contribution in [0.5, 0.6) is 0 Å². The normalized spacial score (nSPS) is 18.4. The van der Waals surface area contributed by atoms with E-state index in [1.54, 1.807) is 12.3 Å². The predicted molar refractivity (Wildman–Crippen MR) is 115 cm³/mol. The number of nitrogens with two attached hydrogens (primary N) is 1. The number of hydrogen-bond acceptors (Lipinski definition) is 7. The average Bonchev–Trinajstić information content (AvgIpc) is 3.53. The average molecular weight is 453 g/mol. The summed E-state index contributed by atoms with van der Waals surface area (Å²) < 4.78 is 34.5. The Morgan fingerprint density at radius 2 is 2.15 bits per heavy atom. The van der Waals surface area contributed by atoms with E-state index in [9.17, 15) is 13.6 Å². The van der Waals surface area contributed by atoms with Crippen molar-refractivity contribution < 1.29 is 18.3 Å². The van der Waals surface area contributed by atoms with E-state index >= 15 is 0 Å². The molecule has 0 aliphatic carbocycles. The maximum Gasteiger partial charge on any atom is 0.228 e. The van der Waals surface area contributed by atoms with E-state index < -0.39 is 11.6 Å². The zero-order chi connectivity index (χ0) is 22.9. The van der Waals surface area contributed by atoms with E-state index in [0.717, 1.165) is 28.3 Å². The molecule has 1 saturated heterocycles. The summed E-state index contributed by atoms with van der Waals surface area (Å²) >= 11 is 0. The lowest BCUT2D eigenvalue weighted by molar-refractivity contribution is -0.135. The van der Waals surface area contributed by atoms with Crippen molar-refractivity contribution in [3.05, 3.63) is 53.7 Å². The van der Waals surface area contributed by atoms with E-state index in [0.29, 0.717) is 38.3 Å². The van der Waals surface area contributed by atoms with Gasteiger partial charge in [0.05, 0.1) is 18.1 Å². The smallest absolute Gasteiger partial charge is 0.228 e. The molecule has 1 amide bonds. The van der Waals surface area contributed by atoms with Crippen molar-refractivity contribution in [2.75, 3.05) is 32.0 Å². The third kappa shape index (κ3) is 3.95. The van der Waals surface area contributed by atoms with Gasteiger partial charge in [0.25, 0.3) is 0 Å². The Hall–Kier alpha value is -3.73. The molecule has 2 aliphatic heterocycles. The summed E-state index contributed by atoms with van der Waals surface area (Å²) in [5.41, 5.74) is 8.14. The molecule has 0 bridgehead atoms. The molecule has 0 radical (unpaired) electrons. The van der Waals surface area contributed by atoms with Crippen LogP contribution in [0.1, 0.15) is 18.4 Å². The van der Waals surface area contributed by atoms with Crippen molar-refractivity contribution in [2.45, 2.75) is 12.8 Å². The summed E-state index contributed by atoms with van der Waals surface area (Å²) in [6.45, 7) is 2.20. The van der Waals surface area contributed by atoms with E-state index in [-0.39, 0.29) is 29.2 Å². The highest BCUT2D eigenvalue weighted by Gasteiger charge is 2.29. The number of rotatable bonds is 4. The van der Waals surface area contributed by atoms with Gasteiger partial charge >= 0.3 is 0 Å². The maximum atomic E-state index is 14.4. The molecule has 0 saturated carbocycles. The Labute approximate surface area is 187 Å². The Morgan fingerprint density at radius 3 is 2.91 bits per heavy atom. The summed E-state index contributed by atoms with van der Waals surface area (Å²) in [4.78, 5) is 18.7. The molecule has 1 unspecified atom stereocenters. The molecule has 1 fully saturated rings. The van der Waals surface area contributed by atoms with Crippen LogP contribution < -0.4 is 5.73 Å². The van der Waals surface area contributed by atoms with Crippen LogP contribution in [-0.2, 0) is 9.53 Å². The number of nitrogen functional groups attached to an aromatic ring is 1. The van der Waals surface area contributed by atoms with Crippen LogP contribution in [0, 0.1) is 17.6 Å². The quantitative estimate of drug-likeness (QED) is 0.645. The lowest BCUT2D eigenvalue weighted by Gasteiger charge is -2.28. The van der Waals surface area contributed by atoms with Crippen LogP contribution in [0.4, 0.5) is 14.6 Å². The number of anilines is 1. The first kappa shape index (κ1) is 21.1. The number of benzene rings is 1. The molecule has 0 spiro atoms. The third-order valence-corrected chi connectivity index (χ3v) is 5.96. The second-order valence-electron chi connectivity index (χ2n) is 7.97. The number of hydrogen-bond donors (Lipinski definition) is 1. The number of carbonyl (C=O) groups is 1. The zero-order valence-corrected chi connectivity index (χ0v) is 17.6. The van der Waals surface area contributed by atoms with Crippen molar-refractivity contribution in [3.8, 4) is 17.1 Å². The fourth-order valence-electron chi connectivity index (χ4n) is 4.12. The molecule has 2 aliphatic rings. The summed E-state index contributed by atoms with van der Waals surface area (Å²) in [5.74, 6) is -1.73. The largest absolute Gasteiger partial charge is 0.383 e. The van der Waals surface area contributed by atoms with Gasteiger partial charge in [-0.3, -0.25) is 4.79 Å². The van der Waals surface area contributed by atoms with E-state index in [4.69, 9.17) is 10.5 Å². The monoisotopic (exact) mass is 453 g/mol. The first-order valence-corrected chi connectivity index (χ1v) is 10.6. The lowest BCUT2D eigenvalue weighted by atomic mass is 9.98. The lowest BCUT2D eigenvalue weighted by Crippen LogP contribution is -2.39. The second-order valence-corrected chi connectivity index (χ2v) is 7.97. The van der Waals surface area contributed by atoms with E-state index in [2.05, 4.69) is 20.5 Å². The highest BCUT2D eigenvalue weighted by Crippen LogP contribution is 2.31. The number of pyridine rings is 1. The number of aromatic nitrogens is 5. The van der Waals surface area contributed by atoms with Crippen molar-refractivity contribution >= 4 is 17.3 Å². The van der Waals surface area contributed by atoms with E-state index in [1.807, 2.05) is 11.0 Å². The minimum Gasteiger partial charge on any atom is -0.383 e. The van der Waals surface area contributed by atoms with Crippen LogP contribution in [0.25, 0.3) is 22.6 Å². The Morgan fingerprint density at radius 1 is 1.27 bits per heavy atom. The van der Waals surface area contributed by atoms with Gasteiger partial charge in [-0.1, -0.05) is 12.1 Å². The summed E-state index contributed by atoms with van der Waals surface area (Å²) in [5, 5.41) is 11.4. The highest BCUT2D eigenvalue weighted by molar-refractivity contribution is 5.81. The van der Waals surface area contributed by atoms with Crippen molar-refractivity contribution in [1.29, 1.82) is 0 Å². The van der Waals surface area contributed by atoms with Crippen LogP contribution in [0.15, 0.2) is 36.5 Å². The third-order valence-electron chi connectivity index (χ3n) is 5.96. The van der Waals surface area contributed by atoms with Crippen LogP contribution in [0.2, 0.25) is 0 Å². The number of nitrogens with zero attached hydrogens (tertiary/aromatic N) is 6. The fourth-order valence-corrected chi connectivity index (χ4v) is 4.12. The van der Waals surface area contributed by atoms with Gasteiger partial charge in [-0.15, -0.1) is 5.10 Å². The van der Waals surface area contributed by atoms with Gasteiger partial charge in [-0.05, 0) is 52.6 Å². The standard InChI is InChI=1S/C22H21F2N7O2/c23-17-2-1-3-18(19(17)24)31-21(27-28-29-31)16-10-15(11-26-20(16)25)13-4-7-30(8-5-13)22(32)14-6-9-33-12-14/h1-4,10-11,14H,5-9,12H2,(H2,25,26). The molecule has 4 heterocycles. The van der Waals surface area contributed by atoms with Crippen LogP contribution in [-0.4, -0.2) is 62.3 Å². The van der Waals surface area contributed by atoms with Gasteiger partial charge in [-0.25, -0.2) is 13.8 Å². The molecule has 1 atom stereocenters. The molecular formula is C22H21F2N7O2. The first-order chi connectivity index (χ1) is 16.0. The Bertz CT molecular complexity index is 1240. The molecule has 5 rings (SSSR count). The fraction of sp³-hybridized carbons (Fsp3) is 0.318. The summed E-state index contributed by atoms with van der Waals surface area (Å²) in [7, 11) is 0. The molecule has 2 N–H and O–H groups in total. The van der Waals surface area contributed by atoms with Crippen LogP contribution >= 0.6 is 0 Å². The predicted octanol–water partition coefficient (Wildman–Crippen LogP) is 2.24. The summed E-state index contributed by atoms with van der Waals surface area (Å²) in [6.07, 6.45) is 5.04. The van der Waals surface area contributed by atoms with Gasteiger partial charge in [0.1, 0.15) is 11.5 Å². The van der Waals surface area contributed by atoms with Crippen LogP contribution in [0.3, 0.4) is 0 Å².